The molecule has 1 unspecified atom stereocenters. The molecule has 0 aromatic heterocycles. The van der Waals surface area contributed by atoms with Crippen molar-refractivity contribution in [3.63, 3.8) is 0 Å². The molecule has 1 nitrogen and oxygen atoms in total. The van der Waals surface area contributed by atoms with Crippen molar-refractivity contribution in [1.29, 1.82) is 0 Å². The number of alkyl halides is 1. The van der Waals surface area contributed by atoms with E-state index in [-0.39, 0.29) is 11.9 Å². The third-order valence-electron chi connectivity index (χ3n) is 2.18. The SMILES string of the molecule is Cc1cc(F)ccc1CNC(C)CCl. The molecule has 0 aliphatic heterocycles. The Hall–Kier alpha value is -0.600. The van der Waals surface area contributed by atoms with Crippen LogP contribution in [0.5, 0.6) is 0 Å². The van der Waals surface area contributed by atoms with Crippen molar-refractivity contribution < 1.29 is 4.39 Å². The molecule has 1 rings (SSSR count). The molecule has 0 aliphatic carbocycles. The second-order valence-electron chi connectivity index (χ2n) is 3.51. The van der Waals surface area contributed by atoms with Crippen LogP contribution in [0.4, 0.5) is 4.39 Å². The zero-order valence-corrected chi connectivity index (χ0v) is 9.24. The van der Waals surface area contributed by atoms with E-state index < -0.39 is 0 Å². The summed E-state index contributed by atoms with van der Waals surface area (Å²) in [4.78, 5) is 0. The molecule has 1 atom stereocenters. The summed E-state index contributed by atoms with van der Waals surface area (Å²) in [5, 5.41) is 3.25. The van der Waals surface area contributed by atoms with Crippen LogP contribution in [0.3, 0.4) is 0 Å². The van der Waals surface area contributed by atoms with E-state index in [1.54, 1.807) is 12.1 Å². The molecule has 3 heteroatoms. The molecule has 1 N–H and O–H groups in total. The third kappa shape index (κ3) is 3.28. The summed E-state index contributed by atoms with van der Waals surface area (Å²) in [6, 6.07) is 5.11. The molecule has 0 aliphatic rings. The molecule has 0 spiro atoms. The molecule has 0 fully saturated rings. The summed E-state index contributed by atoms with van der Waals surface area (Å²) in [5.41, 5.74) is 2.09. The van der Waals surface area contributed by atoms with E-state index in [1.165, 1.54) is 6.07 Å². The van der Waals surface area contributed by atoms with Crippen molar-refractivity contribution in [2.45, 2.75) is 26.4 Å². The van der Waals surface area contributed by atoms with Gasteiger partial charge in [-0.15, -0.1) is 11.6 Å². The summed E-state index contributed by atoms with van der Waals surface area (Å²) in [6.07, 6.45) is 0. The van der Waals surface area contributed by atoms with E-state index >= 15 is 0 Å². The molecule has 0 saturated carbocycles. The molecular weight excluding hydrogens is 201 g/mol. The van der Waals surface area contributed by atoms with E-state index in [4.69, 9.17) is 11.6 Å². The second kappa shape index (κ2) is 5.32. The van der Waals surface area contributed by atoms with Crippen molar-refractivity contribution in [2.24, 2.45) is 0 Å². The highest BCUT2D eigenvalue weighted by atomic mass is 35.5. The molecule has 1 aromatic rings. The fraction of sp³-hybridized carbons (Fsp3) is 0.455. The number of nitrogens with one attached hydrogen (secondary N) is 1. The van der Waals surface area contributed by atoms with E-state index in [1.807, 2.05) is 13.8 Å². The third-order valence-corrected chi connectivity index (χ3v) is 2.64. The lowest BCUT2D eigenvalue weighted by molar-refractivity contribution is 0.588. The molecule has 0 bridgehead atoms. The van der Waals surface area contributed by atoms with Gasteiger partial charge in [0, 0.05) is 18.5 Å². The lowest BCUT2D eigenvalue weighted by atomic mass is 10.1. The average molecular weight is 216 g/mol. The van der Waals surface area contributed by atoms with Crippen LogP contribution in [-0.2, 0) is 6.54 Å². The minimum Gasteiger partial charge on any atom is -0.309 e. The first-order valence-electron chi connectivity index (χ1n) is 4.68. The van der Waals surface area contributed by atoms with Crippen molar-refractivity contribution in [3.05, 3.63) is 35.1 Å². The molecule has 1 aromatic carbocycles. The number of halogens is 2. The summed E-state index contributed by atoms with van der Waals surface area (Å²) < 4.78 is 12.8. The van der Waals surface area contributed by atoms with Gasteiger partial charge in [-0.25, -0.2) is 4.39 Å². The van der Waals surface area contributed by atoms with Gasteiger partial charge in [0.1, 0.15) is 5.82 Å². The van der Waals surface area contributed by atoms with Gasteiger partial charge in [0.15, 0.2) is 0 Å². The Morgan fingerprint density at radius 2 is 2.21 bits per heavy atom. The molecule has 14 heavy (non-hydrogen) atoms. The van der Waals surface area contributed by atoms with Crippen molar-refractivity contribution in [3.8, 4) is 0 Å². The maximum atomic E-state index is 12.8. The highest BCUT2D eigenvalue weighted by Gasteiger charge is 2.02. The first-order valence-corrected chi connectivity index (χ1v) is 5.21. The van der Waals surface area contributed by atoms with Crippen LogP contribution >= 0.6 is 11.6 Å². The number of hydrogen-bond acceptors (Lipinski definition) is 1. The first kappa shape index (κ1) is 11.5. The predicted octanol–water partition coefficient (Wildman–Crippen LogP) is 2.85. The van der Waals surface area contributed by atoms with Crippen LogP contribution < -0.4 is 5.32 Å². The number of rotatable bonds is 4. The quantitative estimate of drug-likeness (QED) is 0.762. The Balaban J connectivity index is 2.59. The van der Waals surface area contributed by atoms with Crippen molar-refractivity contribution in [1.82, 2.24) is 5.32 Å². The van der Waals surface area contributed by atoms with Crippen LogP contribution in [0.1, 0.15) is 18.1 Å². The molecule has 0 amide bonds. The van der Waals surface area contributed by atoms with Gasteiger partial charge < -0.3 is 5.32 Å². The van der Waals surface area contributed by atoms with Gasteiger partial charge >= 0.3 is 0 Å². The van der Waals surface area contributed by atoms with E-state index in [0.29, 0.717) is 5.88 Å². The summed E-state index contributed by atoms with van der Waals surface area (Å²) in [7, 11) is 0. The topological polar surface area (TPSA) is 12.0 Å². The lowest BCUT2D eigenvalue weighted by Gasteiger charge is -2.11. The molecule has 0 radical (unpaired) electrons. The zero-order valence-electron chi connectivity index (χ0n) is 8.48. The molecular formula is C11H15ClFN. The Morgan fingerprint density at radius 1 is 1.50 bits per heavy atom. The number of benzene rings is 1. The maximum Gasteiger partial charge on any atom is 0.123 e. The van der Waals surface area contributed by atoms with E-state index in [9.17, 15) is 4.39 Å². The maximum absolute atomic E-state index is 12.8. The van der Waals surface area contributed by atoms with Crippen LogP contribution in [0.2, 0.25) is 0 Å². The van der Waals surface area contributed by atoms with Crippen LogP contribution in [0.25, 0.3) is 0 Å². The van der Waals surface area contributed by atoms with Gasteiger partial charge in [0.25, 0.3) is 0 Å². The van der Waals surface area contributed by atoms with Crippen molar-refractivity contribution in [2.75, 3.05) is 5.88 Å². The summed E-state index contributed by atoms with van der Waals surface area (Å²) in [6.45, 7) is 4.66. The summed E-state index contributed by atoms with van der Waals surface area (Å²) >= 11 is 5.66. The van der Waals surface area contributed by atoms with Gasteiger partial charge in [-0.05, 0) is 37.1 Å². The molecule has 78 valence electrons. The van der Waals surface area contributed by atoms with Crippen molar-refractivity contribution >= 4 is 11.6 Å². The second-order valence-corrected chi connectivity index (χ2v) is 3.82. The Kier molecular flexibility index (Phi) is 4.36. The van der Waals surface area contributed by atoms with E-state index in [0.717, 1.165) is 17.7 Å². The van der Waals surface area contributed by atoms with Gasteiger partial charge in [0.2, 0.25) is 0 Å². The Labute approximate surface area is 89.3 Å². The van der Waals surface area contributed by atoms with Crippen LogP contribution in [0.15, 0.2) is 18.2 Å². The lowest BCUT2D eigenvalue weighted by Crippen LogP contribution is -2.27. The zero-order chi connectivity index (χ0) is 10.6. The minimum atomic E-state index is -0.184. The largest absolute Gasteiger partial charge is 0.309 e. The fourth-order valence-corrected chi connectivity index (χ4v) is 1.31. The number of aryl methyl sites for hydroxylation is 1. The highest BCUT2D eigenvalue weighted by Crippen LogP contribution is 2.09. The van der Waals surface area contributed by atoms with E-state index in [2.05, 4.69) is 5.32 Å². The van der Waals surface area contributed by atoms with Gasteiger partial charge in [-0.1, -0.05) is 6.07 Å². The van der Waals surface area contributed by atoms with Crippen LogP contribution in [-0.4, -0.2) is 11.9 Å². The Morgan fingerprint density at radius 3 is 2.79 bits per heavy atom. The average Bonchev–Trinajstić information content (AvgIpc) is 2.16. The van der Waals surface area contributed by atoms with Gasteiger partial charge in [-0.2, -0.15) is 0 Å². The predicted molar refractivity (Wildman–Crippen MR) is 58.2 cm³/mol. The van der Waals surface area contributed by atoms with Gasteiger partial charge in [0.05, 0.1) is 0 Å². The molecule has 0 heterocycles. The fourth-order valence-electron chi connectivity index (χ4n) is 1.20. The number of hydrogen-bond donors (Lipinski definition) is 1. The van der Waals surface area contributed by atoms with Gasteiger partial charge in [-0.3, -0.25) is 0 Å². The highest BCUT2D eigenvalue weighted by molar-refractivity contribution is 6.18. The first-order chi connectivity index (χ1) is 6.63. The normalized spacial score (nSPS) is 12.9. The Bertz CT molecular complexity index is 301. The smallest absolute Gasteiger partial charge is 0.123 e. The standard InChI is InChI=1S/C11H15ClFN/c1-8-5-11(13)4-3-10(8)7-14-9(2)6-12/h3-5,9,14H,6-7H2,1-2H3. The molecule has 0 saturated heterocycles. The summed E-state index contributed by atoms with van der Waals surface area (Å²) in [5.74, 6) is 0.400. The monoisotopic (exact) mass is 215 g/mol. The van der Waals surface area contributed by atoms with Crippen LogP contribution in [0, 0.1) is 12.7 Å². The minimum absolute atomic E-state index is 0.184.